The first-order valence-corrected chi connectivity index (χ1v) is 8.02. The zero-order chi connectivity index (χ0) is 14.8. The molecule has 2 heterocycles. The number of ether oxygens (including phenoxy) is 1. The number of hydrogen-bond acceptors (Lipinski definition) is 4. The third-order valence-corrected chi connectivity index (χ3v) is 4.86. The van der Waals surface area contributed by atoms with Crippen molar-refractivity contribution in [1.82, 2.24) is 0 Å². The quantitative estimate of drug-likeness (QED) is 0.731. The van der Waals surface area contributed by atoms with Gasteiger partial charge in [-0.1, -0.05) is 24.3 Å². The molecule has 0 atom stereocenters. The summed E-state index contributed by atoms with van der Waals surface area (Å²) in [5, 5.41) is 0. The molecule has 2 aromatic rings. The second kappa shape index (κ2) is 5.90. The highest BCUT2D eigenvalue weighted by molar-refractivity contribution is 7.99. The maximum Gasteiger partial charge on any atom is 0.161 e. The summed E-state index contributed by atoms with van der Waals surface area (Å²) >= 11 is 1.90. The molecule has 2 aliphatic heterocycles. The van der Waals surface area contributed by atoms with Crippen LogP contribution in [0, 0.1) is 6.92 Å². The highest BCUT2D eigenvalue weighted by Crippen LogP contribution is 2.36. The zero-order valence-electron chi connectivity index (χ0n) is 12.7. The Balaban J connectivity index is 0.000000126. The van der Waals surface area contributed by atoms with Gasteiger partial charge in [0.25, 0.3) is 0 Å². The summed E-state index contributed by atoms with van der Waals surface area (Å²) in [6.07, 6.45) is 0. The van der Waals surface area contributed by atoms with Gasteiger partial charge in [-0.3, -0.25) is 0 Å². The Hall–Kier alpha value is -1.81. The van der Waals surface area contributed by atoms with E-state index in [4.69, 9.17) is 4.74 Å². The maximum absolute atomic E-state index is 5.42. The molecule has 0 saturated heterocycles. The number of benzene rings is 2. The van der Waals surface area contributed by atoms with E-state index >= 15 is 0 Å². The number of nitrogens with zero attached hydrogens (tertiary/aromatic N) is 2. The van der Waals surface area contributed by atoms with E-state index in [-0.39, 0.29) is 0 Å². The van der Waals surface area contributed by atoms with Gasteiger partial charge in [0.05, 0.1) is 17.3 Å². The van der Waals surface area contributed by atoms with Gasteiger partial charge in [-0.25, -0.2) is 0 Å². The second-order valence-corrected chi connectivity index (χ2v) is 6.32. The van der Waals surface area contributed by atoms with Gasteiger partial charge in [0.1, 0.15) is 5.75 Å². The molecule has 2 aromatic carbocycles. The molecule has 0 bridgehead atoms. The average Bonchev–Trinajstić information content (AvgIpc) is 3.06. The highest BCUT2D eigenvalue weighted by Gasteiger charge is 2.17. The Morgan fingerprint density at radius 3 is 2.57 bits per heavy atom. The number of rotatable bonds is 0. The third kappa shape index (κ3) is 2.81. The molecule has 0 saturated carbocycles. The van der Waals surface area contributed by atoms with E-state index in [1.54, 1.807) is 0 Å². The molecular formula is C17H20N2OS. The lowest BCUT2D eigenvalue weighted by molar-refractivity contribution is 0.353. The van der Waals surface area contributed by atoms with Crippen molar-refractivity contribution in [2.45, 2.75) is 11.8 Å². The van der Waals surface area contributed by atoms with Crippen LogP contribution in [0.25, 0.3) is 0 Å². The van der Waals surface area contributed by atoms with Gasteiger partial charge >= 0.3 is 0 Å². The van der Waals surface area contributed by atoms with E-state index in [0.717, 1.165) is 11.6 Å². The van der Waals surface area contributed by atoms with Crippen LogP contribution in [-0.4, -0.2) is 26.7 Å². The largest absolute Gasteiger partial charge is 0.471 e. The van der Waals surface area contributed by atoms with E-state index in [1.807, 2.05) is 30.9 Å². The van der Waals surface area contributed by atoms with Gasteiger partial charge in [0, 0.05) is 19.0 Å². The van der Waals surface area contributed by atoms with Crippen LogP contribution in [0.1, 0.15) is 5.56 Å². The van der Waals surface area contributed by atoms with Crippen molar-refractivity contribution >= 4 is 23.1 Å². The molecule has 0 unspecified atom stereocenters. The Bertz CT molecular complexity index is 644. The fourth-order valence-electron chi connectivity index (χ4n) is 2.60. The summed E-state index contributed by atoms with van der Waals surface area (Å²) in [4.78, 5) is 5.79. The first kappa shape index (κ1) is 14.1. The molecule has 0 fully saturated rings. The molecular weight excluding hydrogens is 280 g/mol. The molecule has 4 heteroatoms. The van der Waals surface area contributed by atoms with E-state index in [1.165, 1.54) is 21.8 Å². The van der Waals surface area contributed by atoms with Gasteiger partial charge in [-0.05, 0) is 30.7 Å². The van der Waals surface area contributed by atoms with Crippen LogP contribution >= 0.6 is 11.8 Å². The smallest absolute Gasteiger partial charge is 0.161 e. The molecule has 21 heavy (non-hydrogen) atoms. The lowest BCUT2D eigenvalue weighted by Gasteiger charge is -2.09. The lowest BCUT2D eigenvalue weighted by Crippen LogP contribution is -2.15. The molecule has 0 spiro atoms. The van der Waals surface area contributed by atoms with Crippen molar-refractivity contribution in [2.75, 3.05) is 36.5 Å². The van der Waals surface area contributed by atoms with Gasteiger partial charge < -0.3 is 14.5 Å². The summed E-state index contributed by atoms with van der Waals surface area (Å²) in [7, 11) is 4.16. The second-order valence-electron chi connectivity index (χ2n) is 5.33. The van der Waals surface area contributed by atoms with Crippen molar-refractivity contribution in [3.63, 3.8) is 0 Å². The number of anilines is 2. The van der Waals surface area contributed by atoms with Crippen LogP contribution in [0.2, 0.25) is 0 Å². The SMILES string of the molecule is CN1CSc2ccccc21.Cc1cccc2c1N(C)CO2. The van der Waals surface area contributed by atoms with Gasteiger partial charge in [-0.15, -0.1) is 11.8 Å². The van der Waals surface area contributed by atoms with Crippen molar-refractivity contribution in [1.29, 1.82) is 0 Å². The number of fused-ring (bicyclic) bond motifs is 2. The molecule has 0 N–H and O–H groups in total. The van der Waals surface area contributed by atoms with E-state index in [9.17, 15) is 0 Å². The fraction of sp³-hybridized carbons (Fsp3) is 0.294. The predicted molar refractivity (Wildman–Crippen MR) is 90.6 cm³/mol. The Morgan fingerprint density at radius 2 is 1.81 bits per heavy atom. The minimum atomic E-state index is 0.681. The summed E-state index contributed by atoms with van der Waals surface area (Å²) in [6.45, 7) is 2.78. The van der Waals surface area contributed by atoms with Crippen LogP contribution in [0.15, 0.2) is 47.4 Å². The highest BCUT2D eigenvalue weighted by atomic mass is 32.2. The fourth-order valence-corrected chi connectivity index (χ4v) is 3.62. The lowest BCUT2D eigenvalue weighted by atomic mass is 10.2. The number of thioether (sulfide) groups is 1. The minimum absolute atomic E-state index is 0.681. The molecule has 0 aliphatic carbocycles. The third-order valence-electron chi connectivity index (χ3n) is 3.69. The van der Waals surface area contributed by atoms with Crippen LogP contribution < -0.4 is 14.5 Å². The predicted octanol–water partition coefficient (Wildman–Crippen LogP) is 3.97. The van der Waals surface area contributed by atoms with Gasteiger partial charge in [-0.2, -0.15) is 0 Å². The van der Waals surface area contributed by atoms with Crippen LogP contribution in [0.3, 0.4) is 0 Å². The number of para-hydroxylation sites is 2. The molecule has 4 rings (SSSR count). The average molecular weight is 300 g/mol. The van der Waals surface area contributed by atoms with Crippen LogP contribution in [-0.2, 0) is 0 Å². The minimum Gasteiger partial charge on any atom is -0.471 e. The van der Waals surface area contributed by atoms with Crippen LogP contribution in [0.5, 0.6) is 5.75 Å². The van der Waals surface area contributed by atoms with Crippen molar-refractivity contribution in [3.05, 3.63) is 48.0 Å². The molecule has 0 amide bonds. The summed E-state index contributed by atoms with van der Waals surface area (Å²) < 4.78 is 5.42. The Kier molecular flexibility index (Phi) is 3.97. The monoisotopic (exact) mass is 300 g/mol. The first-order chi connectivity index (χ1) is 10.2. The van der Waals surface area contributed by atoms with E-state index < -0.39 is 0 Å². The van der Waals surface area contributed by atoms with Crippen molar-refractivity contribution < 1.29 is 4.74 Å². The molecule has 0 radical (unpaired) electrons. The summed E-state index contributed by atoms with van der Waals surface area (Å²) in [5.41, 5.74) is 3.88. The normalized spacial score (nSPS) is 15.0. The zero-order valence-corrected chi connectivity index (χ0v) is 13.5. The Morgan fingerprint density at radius 1 is 1.00 bits per heavy atom. The summed E-state index contributed by atoms with van der Waals surface area (Å²) in [6, 6.07) is 14.6. The number of hydrogen-bond donors (Lipinski definition) is 0. The van der Waals surface area contributed by atoms with Crippen molar-refractivity contribution in [3.8, 4) is 5.75 Å². The number of aryl methyl sites for hydroxylation is 1. The van der Waals surface area contributed by atoms with E-state index in [0.29, 0.717) is 6.73 Å². The molecule has 2 aliphatic rings. The van der Waals surface area contributed by atoms with Gasteiger partial charge in [0.15, 0.2) is 6.73 Å². The molecule has 110 valence electrons. The standard InChI is InChI=1S/C9H11NO.C8H9NS/c1-7-4-3-5-8-9(7)10(2)6-11-8;1-9-6-10-8-5-3-2-4-7(8)9/h3-5H,6H2,1-2H3;2-5H,6H2,1H3. The summed E-state index contributed by atoms with van der Waals surface area (Å²) in [5.74, 6) is 2.10. The topological polar surface area (TPSA) is 15.7 Å². The Labute approximate surface area is 130 Å². The van der Waals surface area contributed by atoms with E-state index in [2.05, 4.69) is 54.1 Å². The molecule has 0 aromatic heterocycles. The van der Waals surface area contributed by atoms with Crippen LogP contribution in [0.4, 0.5) is 11.4 Å². The molecule has 3 nitrogen and oxygen atoms in total. The maximum atomic E-state index is 5.42. The van der Waals surface area contributed by atoms with Gasteiger partial charge in [0.2, 0.25) is 0 Å². The van der Waals surface area contributed by atoms with Crippen molar-refractivity contribution in [2.24, 2.45) is 0 Å². The first-order valence-electron chi connectivity index (χ1n) is 7.03.